The SMILES string of the molecule is CCC(C)C(=O)NC(C)C(=O)C[C@@H](C)B1O[C@@H]2C[C@@H]3C[C@@H](C3(C)C)[C@]2(C)O1. The second-order valence-corrected chi connectivity index (χ2v) is 10.0. The van der Waals surface area contributed by atoms with Gasteiger partial charge in [-0.3, -0.25) is 9.59 Å². The molecular formula is C21H36BNO4. The van der Waals surface area contributed by atoms with Crippen molar-refractivity contribution in [2.24, 2.45) is 23.2 Å². The molecule has 5 nitrogen and oxygen atoms in total. The first-order chi connectivity index (χ1) is 12.5. The Balaban J connectivity index is 1.56. The van der Waals surface area contributed by atoms with Gasteiger partial charge < -0.3 is 14.6 Å². The molecule has 0 radical (unpaired) electrons. The van der Waals surface area contributed by atoms with Crippen LogP contribution in [0.1, 0.15) is 74.1 Å². The molecule has 1 amide bonds. The molecule has 152 valence electrons. The van der Waals surface area contributed by atoms with Gasteiger partial charge in [0, 0.05) is 12.3 Å². The van der Waals surface area contributed by atoms with E-state index in [1.165, 1.54) is 6.42 Å². The molecule has 6 heteroatoms. The average molecular weight is 377 g/mol. The van der Waals surface area contributed by atoms with Gasteiger partial charge >= 0.3 is 7.12 Å². The van der Waals surface area contributed by atoms with E-state index in [4.69, 9.17) is 9.31 Å². The molecule has 4 fully saturated rings. The van der Waals surface area contributed by atoms with Crippen molar-refractivity contribution in [3.05, 3.63) is 0 Å². The van der Waals surface area contributed by atoms with Crippen molar-refractivity contribution in [3.8, 4) is 0 Å². The summed E-state index contributed by atoms with van der Waals surface area (Å²) in [5, 5.41) is 2.84. The monoisotopic (exact) mass is 377 g/mol. The molecule has 0 aromatic heterocycles. The molecular weight excluding hydrogens is 341 g/mol. The van der Waals surface area contributed by atoms with Crippen LogP contribution in [0.4, 0.5) is 0 Å². The van der Waals surface area contributed by atoms with Crippen molar-refractivity contribution in [2.75, 3.05) is 0 Å². The van der Waals surface area contributed by atoms with Gasteiger partial charge in [0.05, 0.1) is 17.7 Å². The summed E-state index contributed by atoms with van der Waals surface area (Å²) in [7, 11) is -0.337. The standard InChI is InChI=1S/C21H36BNO4/c1-8-12(2)19(25)23-14(4)16(24)9-13(3)22-26-18-11-15-10-17(20(15,5)6)21(18,7)27-22/h12-15,17-18H,8-11H2,1-7H3,(H,23,25)/t12?,13-,14?,15+,17+,18-,21+/m1/s1. The highest BCUT2D eigenvalue weighted by Gasteiger charge is 2.68. The van der Waals surface area contributed by atoms with Crippen LogP contribution in [0.25, 0.3) is 0 Å². The predicted molar refractivity (Wildman–Crippen MR) is 106 cm³/mol. The van der Waals surface area contributed by atoms with E-state index in [2.05, 4.69) is 26.1 Å². The molecule has 2 unspecified atom stereocenters. The molecule has 3 aliphatic carbocycles. The molecule has 4 rings (SSSR count). The molecule has 0 aromatic rings. The Morgan fingerprint density at radius 2 is 1.85 bits per heavy atom. The second kappa shape index (κ2) is 7.18. The minimum Gasteiger partial charge on any atom is -0.405 e. The number of amides is 1. The quantitative estimate of drug-likeness (QED) is 0.689. The van der Waals surface area contributed by atoms with Crippen LogP contribution in [0.2, 0.25) is 5.82 Å². The summed E-state index contributed by atoms with van der Waals surface area (Å²) in [6, 6.07) is -0.472. The number of nitrogens with one attached hydrogen (secondary N) is 1. The maximum atomic E-state index is 12.6. The molecule has 1 aliphatic heterocycles. The fourth-order valence-corrected chi connectivity index (χ4v) is 5.36. The average Bonchev–Trinajstić information content (AvgIpc) is 2.97. The van der Waals surface area contributed by atoms with Crippen LogP contribution in [0.3, 0.4) is 0 Å². The van der Waals surface area contributed by atoms with Crippen LogP contribution in [0.5, 0.6) is 0 Å². The van der Waals surface area contributed by atoms with Crippen LogP contribution >= 0.6 is 0 Å². The lowest BCUT2D eigenvalue weighted by Crippen LogP contribution is -2.65. The zero-order chi connectivity index (χ0) is 20.1. The predicted octanol–water partition coefficient (Wildman–Crippen LogP) is 3.61. The van der Waals surface area contributed by atoms with Crippen LogP contribution in [0.15, 0.2) is 0 Å². The molecule has 1 heterocycles. The topological polar surface area (TPSA) is 64.6 Å². The molecule has 3 saturated carbocycles. The normalized spacial score (nSPS) is 37.0. The lowest BCUT2D eigenvalue weighted by Gasteiger charge is -2.64. The van der Waals surface area contributed by atoms with E-state index in [1.807, 2.05) is 20.8 Å². The summed E-state index contributed by atoms with van der Waals surface area (Å²) in [5.41, 5.74) is 0.0773. The van der Waals surface area contributed by atoms with Gasteiger partial charge in [-0.25, -0.2) is 0 Å². The van der Waals surface area contributed by atoms with Crippen molar-refractivity contribution in [1.29, 1.82) is 0 Å². The van der Waals surface area contributed by atoms with Gasteiger partial charge in [-0.05, 0) is 56.2 Å². The van der Waals surface area contributed by atoms with Gasteiger partial charge in [0.1, 0.15) is 0 Å². The Labute approximate surface area is 164 Å². The summed E-state index contributed by atoms with van der Waals surface area (Å²) in [5.74, 6) is 1.13. The van der Waals surface area contributed by atoms with Gasteiger partial charge in [-0.2, -0.15) is 0 Å². The van der Waals surface area contributed by atoms with Crippen LogP contribution in [-0.2, 0) is 18.9 Å². The number of ketones is 1. The third-order valence-corrected chi connectivity index (χ3v) is 7.86. The van der Waals surface area contributed by atoms with Gasteiger partial charge in [-0.1, -0.05) is 34.6 Å². The Hall–Kier alpha value is -0.875. The first kappa shape index (κ1) is 20.8. The molecule has 1 N–H and O–H groups in total. The summed E-state index contributed by atoms with van der Waals surface area (Å²) in [6.45, 7) is 14.5. The maximum absolute atomic E-state index is 12.6. The van der Waals surface area contributed by atoms with E-state index in [0.29, 0.717) is 17.8 Å². The smallest absolute Gasteiger partial charge is 0.405 e. The van der Waals surface area contributed by atoms with Crippen molar-refractivity contribution in [3.63, 3.8) is 0 Å². The largest absolute Gasteiger partial charge is 0.461 e. The number of hydrogen-bond acceptors (Lipinski definition) is 4. The zero-order valence-corrected chi connectivity index (χ0v) is 18.0. The fraction of sp³-hybridized carbons (Fsp3) is 0.905. The number of rotatable bonds is 7. The zero-order valence-electron chi connectivity index (χ0n) is 18.0. The van der Waals surface area contributed by atoms with Crippen molar-refractivity contribution in [1.82, 2.24) is 5.32 Å². The summed E-state index contributed by atoms with van der Waals surface area (Å²) in [6.07, 6.45) is 3.54. The third kappa shape index (κ3) is 3.48. The molecule has 7 atom stereocenters. The number of hydrogen-bond donors (Lipinski definition) is 1. The highest BCUT2D eigenvalue weighted by molar-refractivity contribution is 6.47. The summed E-state index contributed by atoms with van der Waals surface area (Å²) < 4.78 is 12.7. The van der Waals surface area contributed by atoms with Crippen molar-refractivity contribution < 1.29 is 18.9 Å². The molecule has 2 bridgehead atoms. The summed E-state index contributed by atoms with van der Waals surface area (Å²) >= 11 is 0. The van der Waals surface area contributed by atoms with Gasteiger partial charge in [0.25, 0.3) is 0 Å². The highest BCUT2D eigenvalue weighted by atomic mass is 16.7. The molecule has 0 spiro atoms. The Morgan fingerprint density at radius 1 is 1.19 bits per heavy atom. The highest BCUT2D eigenvalue weighted by Crippen LogP contribution is 2.66. The summed E-state index contributed by atoms with van der Waals surface area (Å²) in [4.78, 5) is 24.6. The van der Waals surface area contributed by atoms with Crippen LogP contribution in [-0.4, -0.2) is 36.6 Å². The van der Waals surface area contributed by atoms with E-state index in [0.717, 1.165) is 18.8 Å². The first-order valence-electron chi connectivity index (χ1n) is 10.7. The molecule has 4 aliphatic rings. The van der Waals surface area contributed by atoms with Crippen LogP contribution in [0, 0.1) is 23.2 Å². The lowest BCUT2D eigenvalue weighted by molar-refractivity contribution is -0.199. The number of Topliss-reactive ketones (excluding diaryl/α,β-unsaturated/α-hetero) is 1. The van der Waals surface area contributed by atoms with E-state index in [-0.39, 0.29) is 42.2 Å². The molecule has 0 aromatic carbocycles. The third-order valence-electron chi connectivity index (χ3n) is 7.86. The van der Waals surface area contributed by atoms with E-state index >= 15 is 0 Å². The minimum atomic E-state index is -0.472. The first-order valence-corrected chi connectivity index (χ1v) is 10.7. The van der Waals surface area contributed by atoms with Gasteiger partial charge in [0.15, 0.2) is 5.78 Å². The minimum absolute atomic E-state index is 0.0248. The van der Waals surface area contributed by atoms with Crippen molar-refractivity contribution >= 4 is 18.8 Å². The number of carbonyl (C=O) groups is 2. The molecule has 27 heavy (non-hydrogen) atoms. The van der Waals surface area contributed by atoms with Crippen LogP contribution < -0.4 is 5.32 Å². The Bertz CT molecular complexity index is 609. The van der Waals surface area contributed by atoms with Gasteiger partial charge in [0.2, 0.25) is 5.91 Å². The lowest BCUT2D eigenvalue weighted by atomic mass is 9.43. The Kier molecular flexibility index (Phi) is 5.55. The number of carbonyl (C=O) groups excluding carboxylic acids is 2. The van der Waals surface area contributed by atoms with E-state index in [9.17, 15) is 9.59 Å². The molecule has 1 saturated heterocycles. The van der Waals surface area contributed by atoms with Gasteiger partial charge in [-0.15, -0.1) is 0 Å². The second-order valence-electron chi connectivity index (χ2n) is 10.0. The van der Waals surface area contributed by atoms with E-state index < -0.39 is 6.04 Å². The fourth-order valence-electron chi connectivity index (χ4n) is 5.36. The van der Waals surface area contributed by atoms with Crippen molar-refractivity contribution in [2.45, 2.75) is 97.7 Å². The maximum Gasteiger partial charge on any atom is 0.461 e. The van der Waals surface area contributed by atoms with E-state index in [1.54, 1.807) is 6.92 Å². The Morgan fingerprint density at radius 3 is 2.44 bits per heavy atom.